The highest BCUT2D eigenvalue weighted by atomic mass is 13.9. The van der Waals surface area contributed by atoms with Crippen molar-refractivity contribution in [2.24, 2.45) is 0 Å². The topological polar surface area (TPSA) is 0 Å². The maximum atomic E-state index is 2.21. The summed E-state index contributed by atoms with van der Waals surface area (Å²) < 4.78 is 0. The van der Waals surface area contributed by atoms with E-state index < -0.39 is 0 Å². The molecule has 0 aromatic rings. The molecule has 0 amide bonds. The van der Waals surface area contributed by atoms with Crippen molar-refractivity contribution < 1.29 is 0 Å². The van der Waals surface area contributed by atoms with Gasteiger partial charge in [-0.1, -0.05) is 6.08 Å². The highest BCUT2D eigenvalue weighted by Gasteiger charge is 1.90. The van der Waals surface area contributed by atoms with Gasteiger partial charge in [-0.15, -0.1) is 0 Å². The Bertz CT molecular complexity index is 84.6. The third-order valence-corrected chi connectivity index (χ3v) is 1.24. The van der Waals surface area contributed by atoms with Crippen LogP contribution in [0.3, 0.4) is 0 Å². The highest BCUT2D eigenvalue weighted by molar-refractivity contribution is 5.08. The summed E-state index contributed by atoms with van der Waals surface area (Å²) in [4.78, 5) is 0. The van der Waals surface area contributed by atoms with Crippen LogP contribution in [0.15, 0.2) is 24.3 Å². The maximum Gasteiger partial charge on any atom is 0.0939 e. The van der Waals surface area contributed by atoms with E-state index in [-0.39, 0.29) is 0 Å². The molecule has 0 aromatic heterocycles. The van der Waals surface area contributed by atoms with Gasteiger partial charge in [0.15, 0.2) is 0 Å². The minimum absolute atomic E-state index is 1.24. The second kappa shape index (κ2) is 3.36. The van der Waals surface area contributed by atoms with Gasteiger partial charge in [-0.3, -0.25) is 0 Å². The molecule has 0 unspecified atom stereocenters. The molecule has 1 aliphatic rings. The Balaban J connectivity index is 2.33. The fraction of sp³-hybridized carbons (Fsp3) is 0.375. The van der Waals surface area contributed by atoms with E-state index in [1.54, 1.807) is 0 Å². The van der Waals surface area contributed by atoms with Crippen molar-refractivity contribution in [3.63, 3.8) is 0 Å². The predicted molar refractivity (Wildman–Crippen MR) is 36.4 cm³/mol. The first-order valence-electron chi connectivity index (χ1n) is 3.15. The molecule has 0 nitrogen and oxygen atoms in total. The lowest BCUT2D eigenvalue weighted by Gasteiger charge is -1.88. The molecule has 0 N–H and O–H groups in total. The zero-order valence-corrected chi connectivity index (χ0v) is 5.01. The molecule has 0 heteroatoms. The molecule has 0 saturated carbocycles. The number of hydrogen-bond donors (Lipinski definition) is 0. The van der Waals surface area contributed by atoms with Crippen LogP contribution >= 0.6 is 0 Å². The number of allylic oxidation sites excluding steroid dienone is 4. The molecular formula is C8H11+. The van der Waals surface area contributed by atoms with Gasteiger partial charge < -0.3 is 0 Å². The first kappa shape index (κ1) is 5.49. The van der Waals surface area contributed by atoms with Crippen LogP contribution in [0.4, 0.5) is 0 Å². The van der Waals surface area contributed by atoms with Crippen LogP contribution in [-0.2, 0) is 0 Å². The van der Waals surface area contributed by atoms with Gasteiger partial charge in [0.25, 0.3) is 0 Å². The SMILES string of the molecule is C1=C/[CH+]CCC/C=C/1. The summed E-state index contributed by atoms with van der Waals surface area (Å²) >= 11 is 0. The molecule has 0 radical (unpaired) electrons. The molecule has 0 fully saturated rings. The van der Waals surface area contributed by atoms with Gasteiger partial charge in [-0.05, 0) is 12.8 Å². The molecule has 1 rings (SSSR count). The molecule has 0 aliphatic heterocycles. The average molecular weight is 107 g/mol. The van der Waals surface area contributed by atoms with Crippen LogP contribution in [0.5, 0.6) is 0 Å². The van der Waals surface area contributed by atoms with Crippen LogP contribution in [0.2, 0.25) is 0 Å². The molecule has 1 aliphatic carbocycles. The summed E-state index contributed by atoms with van der Waals surface area (Å²) in [5, 5.41) is 0. The monoisotopic (exact) mass is 107 g/mol. The Morgan fingerprint density at radius 1 is 1.25 bits per heavy atom. The molecule has 0 bridgehead atoms. The van der Waals surface area contributed by atoms with Crippen LogP contribution in [-0.4, -0.2) is 0 Å². The smallest absolute Gasteiger partial charge is 0.0641 e. The predicted octanol–water partition coefficient (Wildman–Crippen LogP) is 2.49. The van der Waals surface area contributed by atoms with Crippen LogP contribution < -0.4 is 0 Å². The lowest BCUT2D eigenvalue weighted by atomic mass is 10.1. The molecule has 0 heterocycles. The summed E-state index contributed by atoms with van der Waals surface area (Å²) in [7, 11) is 0. The number of hydrogen-bond acceptors (Lipinski definition) is 0. The van der Waals surface area contributed by atoms with Crippen molar-refractivity contribution in [3.8, 4) is 0 Å². The second-order valence-corrected chi connectivity index (χ2v) is 1.98. The Morgan fingerprint density at radius 3 is 3.25 bits per heavy atom. The van der Waals surface area contributed by atoms with Crippen molar-refractivity contribution in [2.45, 2.75) is 19.3 Å². The minimum atomic E-state index is 1.24. The summed E-state index contributed by atoms with van der Waals surface area (Å²) in [5.74, 6) is 0. The highest BCUT2D eigenvalue weighted by Crippen LogP contribution is 2.03. The zero-order chi connectivity index (χ0) is 5.66. The normalized spacial score (nSPS) is 27.0. The van der Waals surface area contributed by atoms with Gasteiger partial charge in [-0.2, -0.15) is 0 Å². The summed E-state index contributed by atoms with van der Waals surface area (Å²) in [6, 6.07) is 0. The van der Waals surface area contributed by atoms with E-state index in [2.05, 4.69) is 30.7 Å². The third kappa shape index (κ3) is 1.87. The van der Waals surface area contributed by atoms with Gasteiger partial charge in [0.2, 0.25) is 0 Å². The van der Waals surface area contributed by atoms with E-state index in [9.17, 15) is 0 Å². The van der Waals surface area contributed by atoms with E-state index in [1.807, 2.05) is 0 Å². The lowest BCUT2D eigenvalue weighted by Crippen LogP contribution is -1.75. The van der Waals surface area contributed by atoms with Crippen LogP contribution in [0.25, 0.3) is 0 Å². The van der Waals surface area contributed by atoms with E-state index in [4.69, 9.17) is 0 Å². The van der Waals surface area contributed by atoms with E-state index in [0.29, 0.717) is 0 Å². The molecule has 0 saturated heterocycles. The van der Waals surface area contributed by atoms with Crippen LogP contribution in [0.1, 0.15) is 19.3 Å². The first-order valence-corrected chi connectivity index (χ1v) is 3.15. The average Bonchev–Trinajstić information content (AvgIpc) is 1.62. The minimum Gasteiger partial charge on any atom is -0.0641 e. The lowest BCUT2D eigenvalue weighted by molar-refractivity contribution is 0.839. The van der Waals surface area contributed by atoms with Gasteiger partial charge in [0.05, 0.1) is 12.2 Å². The second-order valence-electron chi connectivity index (χ2n) is 1.98. The molecular weight excluding hydrogens is 96.1 g/mol. The number of rotatable bonds is 0. The van der Waals surface area contributed by atoms with Crippen molar-refractivity contribution >= 4 is 0 Å². The van der Waals surface area contributed by atoms with Gasteiger partial charge in [0.1, 0.15) is 0 Å². The molecule has 42 valence electrons. The Kier molecular flexibility index (Phi) is 2.31. The van der Waals surface area contributed by atoms with Crippen LogP contribution in [0, 0.1) is 6.42 Å². The molecule has 0 atom stereocenters. The maximum absolute atomic E-state index is 2.21. The zero-order valence-electron chi connectivity index (χ0n) is 5.01. The first-order chi connectivity index (χ1) is 4.00. The largest absolute Gasteiger partial charge is 0.0939 e. The van der Waals surface area contributed by atoms with Crippen molar-refractivity contribution in [2.75, 3.05) is 0 Å². The van der Waals surface area contributed by atoms with E-state index in [1.165, 1.54) is 19.3 Å². The summed E-state index contributed by atoms with van der Waals surface area (Å²) in [5.41, 5.74) is 0. The van der Waals surface area contributed by atoms with Crippen molar-refractivity contribution in [1.82, 2.24) is 0 Å². The van der Waals surface area contributed by atoms with Gasteiger partial charge in [-0.25, -0.2) is 0 Å². The Hall–Kier alpha value is -0.650. The van der Waals surface area contributed by atoms with Crippen molar-refractivity contribution in [3.05, 3.63) is 30.7 Å². The quantitative estimate of drug-likeness (QED) is 0.417. The fourth-order valence-corrected chi connectivity index (χ4v) is 0.767. The third-order valence-electron chi connectivity index (χ3n) is 1.24. The molecule has 0 spiro atoms. The Labute approximate surface area is 50.9 Å². The molecule has 0 aromatic carbocycles. The van der Waals surface area contributed by atoms with Gasteiger partial charge >= 0.3 is 0 Å². The van der Waals surface area contributed by atoms with Crippen molar-refractivity contribution in [1.29, 1.82) is 0 Å². The standard InChI is InChI=1S/C8H11/c1-2-4-6-8-7-5-3-1/h1-5H,6-8H2/q+1/b2-1+,5-3+. The molecule has 8 heavy (non-hydrogen) atoms. The van der Waals surface area contributed by atoms with E-state index >= 15 is 0 Å². The summed E-state index contributed by atoms with van der Waals surface area (Å²) in [6.07, 6.45) is 14.5. The van der Waals surface area contributed by atoms with Gasteiger partial charge in [0, 0.05) is 18.9 Å². The fourth-order valence-electron chi connectivity index (χ4n) is 0.767. The Morgan fingerprint density at radius 2 is 2.25 bits per heavy atom. The summed E-state index contributed by atoms with van der Waals surface area (Å²) in [6.45, 7) is 0. The van der Waals surface area contributed by atoms with E-state index in [0.717, 1.165) is 0 Å².